The Morgan fingerprint density at radius 3 is 2.84 bits per heavy atom. The highest BCUT2D eigenvalue weighted by Crippen LogP contribution is 2.29. The molecule has 1 aromatic carbocycles. The number of halogens is 1. The van der Waals surface area contributed by atoms with Gasteiger partial charge >= 0.3 is 0 Å². The molecule has 0 amide bonds. The lowest BCUT2D eigenvalue weighted by atomic mass is 10.2. The second-order valence-electron chi connectivity index (χ2n) is 4.24. The Kier molecular flexibility index (Phi) is 4.66. The van der Waals surface area contributed by atoms with Crippen LogP contribution in [0.3, 0.4) is 0 Å². The molecule has 0 saturated heterocycles. The zero-order valence-corrected chi connectivity index (χ0v) is 12.8. The fraction of sp³-hybridized carbons (Fsp3) is 0.357. The highest BCUT2D eigenvalue weighted by molar-refractivity contribution is 7.09. The molecule has 1 aromatic heterocycles. The van der Waals surface area contributed by atoms with Gasteiger partial charge in [-0.25, -0.2) is 4.98 Å². The molecule has 1 N–H and O–H groups in total. The number of ether oxygens (including phenoxy) is 1. The third-order valence-corrected chi connectivity index (χ3v) is 3.78. The van der Waals surface area contributed by atoms with E-state index in [9.17, 15) is 0 Å². The summed E-state index contributed by atoms with van der Waals surface area (Å²) in [6.45, 7) is 6.64. The van der Waals surface area contributed by atoms with Gasteiger partial charge in [-0.15, -0.1) is 11.3 Å². The van der Waals surface area contributed by atoms with Gasteiger partial charge in [0.15, 0.2) is 0 Å². The van der Waals surface area contributed by atoms with Crippen molar-refractivity contribution in [1.29, 1.82) is 0 Å². The molecule has 3 nitrogen and oxygen atoms in total. The predicted octanol–water partition coefficient (Wildman–Crippen LogP) is 4.68. The van der Waals surface area contributed by atoms with Crippen molar-refractivity contribution in [1.82, 2.24) is 4.98 Å². The van der Waals surface area contributed by atoms with Gasteiger partial charge in [-0.2, -0.15) is 0 Å². The lowest BCUT2D eigenvalue weighted by Crippen LogP contribution is -2.07. The number of benzene rings is 1. The average Bonchev–Trinajstić information content (AvgIpc) is 2.80. The van der Waals surface area contributed by atoms with Crippen LogP contribution in [0.15, 0.2) is 23.6 Å². The van der Waals surface area contributed by atoms with E-state index in [4.69, 9.17) is 16.3 Å². The molecule has 0 radical (unpaired) electrons. The first-order chi connectivity index (χ1) is 9.10. The summed E-state index contributed by atoms with van der Waals surface area (Å²) in [5, 5.41) is 7.15. The van der Waals surface area contributed by atoms with E-state index in [0.717, 1.165) is 16.4 Å². The molecule has 102 valence electrons. The summed E-state index contributed by atoms with van der Waals surface area (Å²) in [7, 11) is 0. The van der Waals surface area contributed by atoms with Crippen molar-refractivity contribution < 1.29 is 4.74 Å². The summed E-state index contributed by atoms with van der Waals surface area (Å²) in [5.41, 5.74) is 2.01. The van der Waals surface area contributed by atoms with Gasteiger partial charge in [0.05, 0.1) is 28.4 Å². The van der Waals surface area contributed by atoms with E-state index in [0.29, 0.717) is 17.4 Å². The van der Waals surface area contributed by atoms with Crippen molar-refractivity contribution in [3.05, 3.63) is 39.3 Å². The molecule has 0 spiro atoms. The largest absolute Gasteiger partial charge is 0.492 e. The molecule has 2 rings (SSSR count). The Hall–Kier alpha value is -1.26. The number of anilines is 1. The fourth-order valence-electron chi connectivity index (χ4n) is 1.77. The SMILES string of the molecule is CCOc1ccc(NC(C)c2csc(C)n2)cc1Cl. The summed E-state index contributed by atoms with van der Waals surface area (Å²) >= 11 is 7.82. The molecule has 19 heavy (non-hydrogen) atoms. The Morgan fingerprint density at radius 1 is 1.47 bits per heavy atom. The molecule has 1 heterocycles. The van der Waals surface area contributed by atoms with E-state index in [1.165, 1.54) is 0 Å². The average molecular weight is 297 g/mol. The van der Waals surface area contributed by atoms with Gasteiger partial charge in [-0.1, -0.05) is 11.6 Å². The monoisotopic (exact) mass is 296 g/mol. The highest BCUT2D eigenvalue weighted by Gasteiger charge is 2.10. The Labute approximate surface area is 122 Å². The quantitative estimate of drug-likeness (QED) is 0.870. The zero-order chi connectivity index (χ0) is 13.8. The minimum atomic E-state index is 0.152. The maximum absolute atomic E-state index is 6.16. The van der Waals surface area contributed by atoms with Crippen molar-refractivity contribution in [3.63, 3.8) is 0 Å². The van der Waals surface area contributed by atoms with Crippen LogP contribution in [-0.2, 0) is 0 Å². The van der Waals surface area contributed by atoms with E-state index in [1.54, 1.807) is 11.3 Å². The van der Waals surface area contributed by atoms with E-state index >= 15 is 0 Å². The Balaban J connectivity index is 2.09. The second-order valence-corrected chi connectivity index (χ2v) is 5.71. The van der Waals surface area contributed by atoms with Crippen molar-refractivity contribution >= 4 is 28.6 Å². The molecular weight excluding hydrogens is 280 g/mol. The predicted molar refractivity (Wildman–Crippen MR) is 81.5 cm³/mol. The fourth-order valence-corrected chi connectivity index (χ4v) is 2.71. The van der Waals surface area contributed by atoms with Crippen LogP contribution in [-0.4, -0.2) is 11.6 Å². The molecule has 0 saturated carbocycles. The van der Waals surface area contributed by atoms with Gasteiger partial charge in [0, 0.05) is 11.1 Å². The number of aromatic nitrogens is 1. The van der Waals surface area contributed by atoms with E-state index in [2.05, 4.69) is 22.6 Å². The molecule has 0 aliphatic rings. The van der Waals surface area contributed by atoms with Crippen LogP contribution in [0.2, 0.25) is 5.02 Å². The molecule has 1 atom stereocenters. The third kappa shape index (κ3) is 3.61. The molecule has 0 aliphatic carbocycles. The molecule has 0 aliphatic heterocycles. The summed E-state index contributed by atoms with van der Waals surface area (Å²) in [4.78, 5) is 4.47. The molecule has 5 heteroatoms. The standard InChI is InChI=1S/C14H17ClN2OS/c1-4-18-14-6-5-11(7-12(14)15)16-9(2)13-8-19-10(3)17-13/h5-9,16H,4H2,1-3H3. The van der Waals surface area contributed by atoms with Gasteiger partial charge in [-0.05, 0) is 39.0 Å². The van der Waals surface area contributed by atoms with Crippen LogP contribution in [0, 0.1) is 6.92 Å². The first-order valence-electron chi connectivity index (χ1n) is 6.21. The first kappa shape index (κ1) is 14.2. The van der Waals surface area contributed by atoms with E-state index in [1.807, 2.05) is 32.0 Å². The third-order valence-electron chi connectivity index (χ3n) is 2.70. The number of rotatable bonds is 5. The van der Waals surface area contributed by atoms with Gasteiger partial charge in [0.1, 0.15) is 5.75 Å². The molecule has 0 fully saturated rings. The molecule has 0 bridgehead atoms. The Bertz CT molecular complexity index is 556. The minimum Gasteiger partial charge on any atom is -0.492 e. The Morgan fingerprint density at radius 2 is 2.26 bits per heavy atom. The van der Waals surface area contributed by atoms with Crippen LogP contribution in [0.25, 0.3) is 0 Å². The smallest absolute Gasteiger partial charge is 0.138 e. The van der Waals surface area contributed by atoms with Crippen LogP contribution in [0.1, 0.15) is 30.6 Å². The van der Waals surface area contributed by atoms with Gasteiger partial charge in [-0.3, -0.25) is 0 Å². The van der Waals surface area contributed by atoms with Crippen LogP contribution >= 0.6 is 22.9 Å². The van der Waals surface area contributed by atoms with E-state index < -0.39 is 0 Å². The van der Waals surface area contributed by atoms with Crippen molar-refractivity contribution in [2.45, 2.75) is 26.8 Å². The lowest BCUT2D eigenvalue weighted by molar-refractivity contribution is 0.340. The number of thiazole rings is 1. The normalized spacial score (nSPS) is 12.2. The van der Waals surface area contributed by atoms with Crippen molar-refractivity contribution in [2.75, 3.05) is 11.9 Å². The van der Waals surface area contributed by atoms with Gasteiger partial charge in [0.2, 0.25) is 0 Å². The number of hydrogen-bond acceptors (Lipinski definition) is 4. The zero-order valence-electron chi connectivity index (χ0n) is 11.2. The van der Waals surface area contributed by atoms with Crippen LogP contribution < -0.4 is 10.1 Å². The molecule has 2 aromatic rings. The number of hydrogen-bond donors (Lipinski definition) is 1. The minimum absolute atomic E-state index is 0.152. The highest BCUT2D eigenvalue weighted by atomic mass is 35.5. The van der Waals surface area contributed by atoms with Gasteiger partial charge < -0.3 is 10.1 Å². The van der Waals surface area contributed by atoms with E-state index in [-0.39, 0.29) is 6.04 Å². The maximum Gasteiger partial charge on any atom is 0.138 e. The number of nitrogens with zero attached hydrogens (tertiary/aromatic N) is 1. The van der Waals surface area contributed by atoms with Crippen molar-refractivity contribution in [2.24, 2.45) is 0 Å². The number of aryl methyl sites for hydroxylation is 1. The van der Waals surface area contributed by atoms with Crippen LogP contribution in [0.4, 0.5) is 5.69 Å². The second kappa shape index (κ2) is 6.26. The summed E-state index contributed by atoms with van der Waals surface area (Å²) in [5.74, 6) is 0.715. The maximum atomic E-state index is 6.16. The number of nitrogens with one attached hydrogen (secondary N) is 1. The first-order valence-corrected chi connectivity index (χ1v) is 7.46. The summed E-state index contributed by atoms with van der Waals surface area (Å²) in [6, 6.07) is 5.88. The topological polar surface area (TPSA) is 34.1 Å². The van der Waals surface area contributed by atoms with Crippen LogP contribution in [0.5, 0.6) is 5.75 Å². The lowest BCUT2D eigenvalue weighted by Gasteiger charge is -2.14. The molecular formula is C14H17ClN2OS. The summed E-state index contributed by atoms with van der Waals surface area (Å²) in [6.07, 6.45) is 0. The summed E-state index contributed by atoms with van der Waals surface area (Å²) < 4.78 is 5.41. The van der Waals surface area contributed by atoms with Crippen molar-refractivity contribution in [3.8, 4) is 5.75 Å². The molecule has 1 unspecified atom stereocenters. The van der Waals surface area contributed by atoms with Gasteiger partial charge in [0.25, 0.3) is 0 Å².